The summed E-state index contributed by atoms with van der Waals surface area (Å²) in [6, 6.07) is 14.8. The van der Waals surface area contributed by atoms with Crippen LogP contribution in [0.3, 0.4) is 0 Å². The Balaban J connectivity index is 1.61. The average Bonchev–Trinajstić information content (AvgIpc) is 3.49. The van der Waals surface area contributed by atoms with E-state index in [1.54, 1.807) is 42.5 Å². The topological polar surface area (TPSA) is 98.4 Å². The van der Waals surface area contributed by atoms with Crippen LogP contribution in [0.15, 0.2) is 70.9 Å². The Morgan fingerprint density at radius 3 is 2.66 bits per heavy atom. The second kappa shape index (κ2) is 9.58. The van der Waals surface area contributed by atoms with Gasteiger partial charge in [-0.25, -0.2) is 0 Å². The van der Waals surface area contributed by atoms with E-state index in [2.05, 4.69) is 0 Å². The Kier molecular flexibility index (Phi) is 6.18. The lowest BCUT2D eigenvalue weighted by atomic mass is 9.95. The van der Waals surface area contributed by atoms with Crippen LogP contribution in [0.4, 0.5) is 0 Å². The summed E-state index contributed by atoms with van der Waals surface area (Å²) in [4.78, 5) is 27.8. The first-order valence-corrected chi connectivity index (χ1v) is 11.5. The molecule has 1 atom stereocenters. The summed E-state index contributed by atoms with van der Waals surface area (Å²) in [6.07, 6.45) is 2.35. The fourth-order valence-electron chi connectivity index (χ4n) is 4.30. The summed E-state index contributed by atoms with van der Waals surface area (Å²) in [5, 5.41) is 11.3. The van der Waals surface area contributed by atoms with Gasteiger partial charge in [-0.15, -0.1) is 0 Å². The molecule has 8 nitrogen and oxygen atoms in total. The second-order valence-corrected chi connectivity index (χ2v) is 8.29. The molecule has 0 saturated carbocycles. The Hall–Kier alpha value is -4.20. The molecule has 1 saturated heterocycles. The lowest BCUT2D eigenvalue weighted by molar-refractivity contribution is -0.140. The van der Waals surface area contributed by atoms with Crippen LogP contribution in [0.1, 0.15) is 36.3 Å². The first-order valence-electron chi connectivity index (χ1n) is 11.5. The van der Waals surface area contributed by atoms with Crippen molar-refractivity contribution in [2.45, 2.75) is 25.9 Å². The van der Waals surface area contributed by atoms with E-state index >= 15 is 0 Å². The number of likely N-dealkylation sites (tertiary alicyclic amines) is 1. The van der Waals surface area contributed by atoms with Gasteiger partial charge in [0.2, 0.25) is 0 Å². The standard InChI is InChI=1S/C27H25NO7/c1-2-10-32-19-6-3-5-17(14-19)24-23(26(30)27(31)28(24)16-20-7-4-11-33-20)25(29)18-8-9-21-22(15-18)35-13-12-34-21/h3-9,11,14-15,24,29H,2,10,12-13,16H2,1H3/b25-23-. The van der Waals surface area contributed by atoms with Gasteiger partial charge in [0.05, 0.1) is 31.0 Å². The second-order valence-electron chi connectivity index (χ2n) is 8.29. The fourth-order valence-corrected chi connectivity index (χ4v) is 4.30. The number of aliphatic hydroxyl groups excluding tert-OH is 1. The van der Waals surface area contributed by atoms with Crippen LogP contribution in [0.2, 0.25) is 0 Å². The van der Waals surface area contributed by atoms with Crippen molar-refractivity contribution < 1.29 is 33.3 Å². The number of Topliss-reactive ketones (excluding diaryl/α,β-unsaturated/α-hetero) is 1. The number of ketones is 1. The monoisotopic (exact) mass is 475 g/mol. The molecule has 5 rings (SSSR count). The normalized spacial score (nSPS) is 18.7. The SMILES string of the molecule is CCCOc1cccc(C2/C(=C(/O)c3ccc4c(c3)OCCO4)C(=O)C(=O)N2Cc2ccco2)c1. The molecule has 180 valence electrons. The highest BCUT2D eigenvalue weighted by atomic mass is 16.6. The molecule has 3 aromatic rings. The fraction of sp³-hybridized carbons (Fsp3) is 0.259. The van der Waals surface area contributed by atoms with E-state index in [-0.39, 0.29) is 17.9 Å². The van der Waals surface area contributed by atoms with Crippen molar-refractivity contribution in [1.29, 1.82) is 0 Å². The highest BCUT2D eigenvalue weighted by Crippen LogP contribution is 2.42. The zero-order chi connectivity index (χ0) is 24.4. The third-order valence-electron chi connectivity index (χ3n) is 5.91. The Bertz CT molecular complexity index is 1280. The maximum Gasteiger partial charge on any atom is 0.296 e. The zero-order valence-corrected chi connectivity index (χ0v) is 19.2. The quantitative estimate of drug-likeness (QED) is 0.306. The third-order valence-corrected chi connectivity index (χ3v) is 5.91. The number of rotatable bonds is 7. The predicted molar refractivity (Wildman–Crippen MR) is 126 cm³/mol. The van der Waals surface area contributed by atoms with Crippen LogP contribution >= 0.6 is 0 Å². The van der Waals surface area contributed by atoms with E-state index in [4.69, 9.17) is 18.6 Å². The van der Waals surface area contributed by atoms with Crippen LogP contribution in [0.5, 0.6) is 17.2 Å². The van der Waals surface area contributed by atoms with E-state index in [1.807, 2.05) is 19.1 Å². The van der Waals surface area contributed by atoms with Gasteiger partial charge in [-0.05, 0) is 54.4 Å². The molecule has 1 N–H and O–H groups in total. The van der Waals surface area contributed by atoms with Gasteiger partial charge < -0.3 is 28.6 Å². The number of carbonyl (C=O) groups is 2. The molecule has 2 aliphatic heterocycles. The van der Waals surface area contributed by atoms with Crippen LogP contribution in [-0.4, -0.2) is 41.5 Å². The van der Waals surface area contributed by atoms with Crippen LogP contribution in [0.25, 0.3) is 5.76 Å². The summed E-state index contributed by atoms with van der Waals surface area (Å²) in [5.74, 6) is 0.397. The Labute approximate surface area is 202 Å². The van der Waals surface area contributed by atoms with Crippen molar-refractivity contribution in [2.24, 2.45) is 0 Å². The molecule has 0 radical (unpaired) electrons. The molecule has 2 aromatic carbocycles. The molecular formula is C27H25NO7. The maximum absolute atomic E-state index is 13.3. The van der Waals surface area contributed by atoms with Crippen molar-refractivity contribution in [2.75, 3.05) is 19.8 Å². The number of hydrogen-bond donors (Lipinski definition) is 1. The number of aliphatic hydroxyl groups is 1. The molecule has 1 unspecified atom stereocenters. The van der Waals surface area contributed by atoms with Gasteiger partial charge in [-0.2, -0.15) is 0 Å². The van der Waals surface area contributed by atoms with Crippen molar-refractivity contribution in [3.63, 3.8) is 0 Å². The lowest BCUT2D eigenvalue weighted by Crippen LogP contribution is -2.29. The number of furan rings is 1. The number of amides is 1. The molecule has 3 heterocycles. The van der Waals surface area contributed by atoms with Crippen LogP contribution in [-0.2, 0) is 16.1 Å². The first-order chi connectivity index (χ1) is 17.1. The van der Waals surface area contributed by atoms with E-state index < -0.39 is 17.7 Å². The minimum atomic E-state index is -0.835. The molecule has 0 aliphatic carbocycles. The van der Waals surface area contributed by atoms with Crippen molar-refractivity contribution in [3.05, 3.63) is 83.3 Å². The van der Waals surface area contributed by atoms with Gasteiger partial charge in [0.25, 0.3) is 11.7 Å². The number of nitrogens with zero attached hydrogens (tertiary/aromatic N) is 1. The summed E-state index contributed by atoms with van der Waals surface area (Å²) in [6.45, 7) is 3.44. The summed E-state index contributed by atoms with van der Waals surface area (Å²) < 4.78 is 22.4. The van der Waals surface area contributed by atoms with E-state index in [9.17, 15) is 14.7 Å². The predicted octanol–water partition coefficient (Wildman–Crippen LogP) is 4.46. The zero-order valence-electron chi connectivity index (χ0n) is 19.2. The molecule has 8 heteroatoms. The Morgan fingerprint density at radius 2 is 1.89 bits per heavy atom. The smallest absolute Gasteiger partial charge is 0.296 e. The number of ether oxygens (including phenoxy) is 3. The van der Waals surface area contributed by atoms with Crippen molar-refractivity contribution >= 4 is 17.4 Å². The number of hydrogen-bond acceptors (Lipinski definition) is 7. The van der Waals surface area contributed by atoms with Gasteiger partial charge >= 0.3 is 0 Å². The average molecular weight is 475 g/mol. The summed E-state index contributed by atoms with van der Waals surface area (Å²) >= 11 is 0. The molecule has 2 aliphatic rings. The van der Waals surface area contributed by atoms with Crippen molar-refractivity contribution in [1.82, 2.24) is 4.90 Å². The molecule has 1 aromatic heterocycles. The minimum Gasteiger partial charge on any atom is -0.507 e. The van der Waals surface area contributed by atoms with Crippen LogP contribution < -0.4 is 14.2 Å². The van der Waals surface area contributed by atoms with E-state index in [0.717, 1.165) is 6.42 Å². The van der Waals surface area contributed by atoms with Gasteiger partial charge in [0, 0.05) is 5.56 Å². The van der Waals surface area contributed by atoms with Gasteiger partial charge in [-0.3, -0.25) is 9.59 Å². The molecule has 35 heavy (non-hydrogen) atoms. The van der Waals surface area contributed by atoms with E-state index in [0.29, 0.717) is 54.0 Å². The first kappa shape index (κ1) is 22.6. The molecule has 0 spiro atoms. The highest BCUT2D eigenvalue weighted by molar-refractivity contribution is 6.46. The minimum absolute atomic E-state index is 0.00845. The van der Waals surface area contributed by atoms with Gasteiger partial charge in [-0.1, -0.05) is 19.1 Å². The lowest BCUT2D eigenvalue weighted by Gasteiger charge is -2.25. The van der Waals surface area contributed by atoms with Crippen molar-refractivity contribution in [3.8, 4) is 17.2 Å². The summed E-state index contributed by atoms with van der Waals surface area (Å²) in [7, 11) is 0. The number of carbonyl (C=O) groups excluding carboxylic acids is 2. The molecule has 1 fully saturated rings. The van der Waals surface area contributed by atoms with Crippen LogP contribution in [0, 0.1) is 0 Å². The number of fused-ring (bicyclic) bond motifs is 1. The highest BCUT2D eigenvalue weighted by Gasteiger charge is 2.46. The van der Waals surface area contributed by atoms with Gasteiger partial charge in [0.15, 0.2) is 11.5 Å². The Morgan fingerprint density at radius 1 is 1.06 bits per heavy atom. The van der Waals surface area contributed by atoms with Gasteiger partial charge in [0.1, 0.15) is 30.5 Å². The molecule has 1 amide bonds. The van der Waals surface area contributed by atoms with E-state index in [1.165, 1.54) is 11.2 Å². The third kappa shape index (κ3) is 4.35. The molecular weight excluding hydrogens is 450 g/mol. The maximum atomic E-state index is 13.3. The largest absolute Gasteiger partial charge is 0.507 e. The number of benzene rings is 2. The molecule has 0 bridgehead atoms. The summed E-state index contributed by atoms with van der Waals surface area (Å²) in [5.41, 5.74) is 0.989.